The average Bonchev–Trinajstić information content (AvgIpc) is 3.45. The Labute approximate surface area is 147 Å². The molecule has 0 atom stereocenters. The van der Waals surface area contributed by atoms with E-state index in [4.69, 9.17) is 0 Å². The third-order valence-electron chi connectivity index (χ3n) is 4.76. The second-order valence-corrected chi connectivity index (χ2v) is 8.57. The number of hydrogen-bond donors (Lipinski definition) is 1. The Morgan fingerprint density at radius 1 is 1.00 bits per heavy atom. The van der Waals surface area contributed by atoms with E-state index in [1.165, 1.54) is 22.0 Å². The van der Waals surface area contributed by atoms with Crippen LogP contribution in [0.3, 0.4) is 0 Å². The van der Waals surface area contributed by atoms with E-state index in [-0.39, 0.29) is 16.8 Å². The van der Waals surface area contributed by atoms with Crippen molar-refractivity contribution in [2.24, 2.45) is 0 Å². The average molecular weight is 356 g/mol. The minimum absolute atomic E-state index is 0.140. The van der Waals surface area contributed by atoms with Gasteiger partial charge in [-0.15, -0.1) is 0 Å². The molecule has 0 unspecified atom stereocenters. The lowest BCUT2D eigenvalue weighted by Crippen LogP contribution is -2.36. The molecule has 0 radical (unpaired) electrons. The fourth-order valence-corrected chi connectivity index (χ4v) is 4.52. The first kappa shape index (κ1) is 16.3. The second kappa shape index (κ2) is 6.28. The lowest BCUT2D eigenvalue weighted by Gasteiger charge is -2.28. The van der Waals surface area contributed by atoms with Gasteiger partial charge in [0, 0.05) is 24.7 Å². The van der Waals surface area contributed by atoms with Gasteiger partial charge < -0.3 is 5.32 Å². The fraction of sp³-hybridized carbons (Fsp3) is 0.316. The van der Waals surface area contributed by atoms with Gasteiger partial charge in [-0.2, -0.15) is 4.31 Å². The highest BCUT2D eigenvalue weighted by Crippen LogP contribution is 2.25. The van der Waals surface area contributed by atoms with Crippen LogP contribution in [0.15, 0.2) is 53.4 Å². The zero-order valence-electron chi connectivity index (χ0n) is 13.8. The number of hydrogen-bond acceptors (Lipinski definition) is 3. The van der Waals surface area contributed by atoms with E-state index in [1.807, 2.05) is 24.3 Å². The first-order valence-electron chi connectivity index (χ1n) is 8.52. The number of fused-ring (bicyclic) bond motifs is 1. The van der Waals surface area contributed by atoms with Crippen molar-refractivity contribution in [2.45, 2.75) is 36.7 Å². The van der Waals surface area contributed by atoms with Crippen LogP contribution in [-0.2, 0) is 23.0 Å². The Hall–Kier alpha value is -2.18. The summed E-state index contributed by atoms with van der Waals surface area (Å²) in [6.45, 7) is 0.867. The second-order valence-electron chi connectivity index (χ2n) is 6.63. The van der Waals surface area contributed by atoms with Crippen molar-refractivity contribution < 1.29 is 13.2 Å². The van der Waals surface area contributed by atoms with E-state index in [1.54, 1.807) is 12.1 Å². The molecule has 4 rings (SSSR count). The molecule has 2 aliphatic rings. The molecule has 1 saturated carbocycles. The zero-order chi connectivity index (χ0) is 17.4. The summed E-state index contributed by atoms with van der Waals surface area (Å²) in [5.74, 6) is -0.140. The number of nitrogens with zero attached hydrogens (tertiary/aromatic N) is 1. The summed E-state index contributed by atoms with van der Waals surface area (Å²) in [7, 11) is -3.56. The van der Waals surface area contributed by atoms with Gasteiger partial charge in [0.15, 0.2) is 0 Å². The van der Waals surface area contributed by atoms with E-state index >= 15 is 0 Å². The molecular formula is C19H20N2O3S. The smallest absolute Gasteiger partial charge is 0.251 e. The van der Waals surface area contributed by atoms with Gasteiger partial charge >= 0.3 is 0 Å². The zero-order valence-corrected chi connectivity index (χ0v) is 14.6. The van der Waals surface area contributed by atoms with Gasteiger partial charge in [-0.3, -0.25) is 4.79 Å². The fourth-order valence-electron chi connectivity index (χ4n) is 3.10. The lowest BCUT2D eigenvalue weighted by molar-refractivity contribution is 0.0951. The van der Waals surface area contributed by atoms with Crippen molar-refractivity contribution in [3.05, 3.63) is 65.2 Å². The van der Waals surface area contributed by atoms with Crippen LogP contribution in [-0.4, -0.2) is 31.2 Å². The van der Waals surface area contributed by atoms with Gasteiger partial charge in [0.2, 0.25) is 10.0 Å². The van der Waals surface area contributed by atoms with Gasteiger partial charge in [0.25, 0.3) is 5.91 Å². The predicted molar refractivity (Wildman–Crippen MR) is 94.7 cm³/mol. The van der Waals surface area contributed by atoms with Crippen LogP contribution in [0.1, 0.15) is 34.3 Å². The van der Waals surface area contributed by atoms with Crippen LogP contribution in [0.2, 0.25) is 0 Å². The molecule has 1 heterocycles. The molecule has 1 amide bonds. The lowest BCUT2D eigenvalue weighted by atomic mass is 10.0. The number of nitrogens with one attached hydrogen (secondary N) is 1. The maximum Gasteiger partial charge on any atom is 0.251 e. The van der Waals surface area contributed by atoms with E-state index in [0.717, 1.165) is 24.8 Å². The van der Waals surface area contributed by atoms with Crippen LogP contribution < -0.4 is 5.32 Å². The standard InChI is InChI=1S/C19H20N2O3S/c22-19(20-17-7-8-17)15-5-9-18(10-6-15)25(23,24)21-12-11-14-3-1-2-4-16(14)13-21/h1-6,9-10,17H,7-8,11-13H2,(H,20,22). The Morgan fingerprint density at radius 3 is 2.36 bits per heavy atom. The monoisotopic (exact) mass is 356 g/mol. The molecular weight excluding hydrogens is 336 g/mol. The van der Waals surface area contributed by atoms with E-state index in [9.17, 15) is 13.2 Å². The molecule has 25 heavy (non-hydrogen) atoms. The minimum atomic E-state index is -3.56. The maximum atomic E-state index is 12.9. The first-order chi connectivity index (χ1) is 12.0. The van der Waals surface area contributed by atoms with Gasteiger partial charge in [-0.25, -0.2) is 8.42 Å². The summed E-state index contributed by atoms with van der Waals surface area (Å²) in [5.41, 5.74) is 2.76. The van der Waals surface area contributed by atoms with E-state index < -0.39 is 10.0 Å². The summed E-state index contributed by atoms with van der Waals surface area (Å²) >= 11 is 0. The van der Waals surface area contributed by atoms with Crippen LogP contribution in [0, 0.1) is 0 Å². The third-order valence-corrected chi connectivity index (χ3v) is 6.62. The topological polar surface area (TPSA) is 66.5 Å². The molecule has 5 nitrogen and oxygen atoms in total. The summed E-state index contributed by atoms with van der Waals surface area (Å²) < 4.78 is 27.3. The van der Waals surface area contributed by atoms with Crippen molar-refractivity contribution in [2.75, 3.05) is 6.54 Å². The molecule has 2 aromatic rings. The van der Waals surface area contributed by atoms with Crippen molar-refractivity contribution in [1.82, 2.24) is 9.62 Å². The summed E-state index contributed by atoms with van der Waals surface area (Å²) in [6, 6.07) is 14.4. The Morgan fingerprint density at radius 2 is 1.68 bits per heavy atom. The highest BCUT2D eigenvalue weighted by atomic mass is 32.2. The molecule has 6 heteroatoms. The quantitative estimate of drug-likeness (QED) is 0.914. The molecule has 0 bridgehead atoms. The van der Waals surface area contributed by atoms with Gasteiger partial charge in [0.1, 0.15) is 0 Å². The first-order valence-corrected chi connectivity index (χ1v) is 9.96. The molecule has 1 N–H and O–H groups in total. The number of sulfonamides is 1. The normalized spacial score (nSPS) is 17.8. The minimum Gasteiger partial charge on any atom is -0.349 e. The maximum absolute atomic E-state index is 12.9. The van der Waals surface area contributed by atoms with Crippen LogP contribution >= 0.6 is 0 Å². The molecule has 2 aromatic carbocycles. The van der Waals surface area contributed by atoms with Crippen molar-refractivity contribution in [1.29, 1.82) is 0 Å². The number of rotatable bonds is 4. The number of benzene rings is 2. The summed E-state index contributed by atoms with van der Waals surface area (Å²) in [5, 5.41) is 2.90. The number of carbonyl (C=O) groups excluding carboxylic acids is 1. The highest BCUT2D eigenvalue weighted by Gasteiger charge is 2.28. The van der Waals surface area contributed by atoms with Crippen LogP contribution in [0.25, 0.3) is 0 Å². The summed E-state index contributed by atoms with van der Waals surface area (Å²) in [6.07, 6.45) is 2.76. The molecule has 130 valence electrons. The molecule has 0 spiro atoms. The van der Waals surface area contributed by atoms with Crippen molar-refractivity contribution in [3.63, 3.8) is 0 Å². The molecule has 0 saturated heterocycles. The van der Waals surface area contributed by atoms with Crippen molar-refractivity contribution in [3.8, 4) is 0 Å². The Bertz CT molecular complexity index is 903. The number of carbonyl (C=O) groups is 1. The van der Waals surface area contributed by atoms with Gasteiger partial charge in [0.05, 0.1) is 4.90 Å². The molecule has 1 aliphatic carbocycles. The molecule has 0 aromatic heterocycles. The molecule has 1 fully saturated rings. The van der Waals surface area contributed by atoms with Crippen molar-refractivity contribution >= 4 is 15.9 Å². The SMILES string of the molecule is O=C(NC1CC1)c1ccc(S(=O)(=O)N2CCc3ccccc3C2)cc1. The Balaban J connectivity index is 1.53. The largest absolute Gasteiger partial charge is 0.349 e. The van der Waals surface area contributed by atoms with E-state index in [0.29, 0.717) is 18.7 Å². The summed E-state index contributed by atoms with van der Waals surface area (Å²) in [4.78, 5) is 12.3. The highest BCUT2D eigenvalue weighted by molar-refractivity contribution is 7.89. The van der Waals surface area contributed by atoms with Crippen LogP contribution in [0.4, 0.5) is 0 Å². The molecule has 1 aliphatic heterocycles. The third kappa shape index (κ3) is 3.32. The number of amides is 1. The van der Waals surface area contributed by atoms with Gasteiger partial charge in [-0.05, 0) is 54.7 Å². The predicted octanol–water partition coefficient (Wildman–Crippen LogP) is 2.33. The van der Waals surface area contributed by atoms with Crippen LogP contribution in [0.5, 0.6) is 0 Å². The van der Waals surface area contributed by atoms with Gasteiger partial charge in [-0.1, -0.05) is 24.3 Å². The van der Waals surface area contributed by atoms with E-state index in [2.05, 4.69) is 5.32 Å². The Kier molecular flexibility index (Phi) is 4.09.